The van der Waals surface area contributed by atoms with Crippen molar-refractivity contribution < 1.29 is 14.3 Å². The molecule has 0 saturated heterocycles. The molecular formula is C18H20N2O3. The second-order valence-electron chi connectivity index (χ2n) is 4.97. The summed E-state index contributed by atoms with van der Waals surface area (Å²) >= 11 is 0. The molecule has 0 amide bonds. The quantitative estimate of drug-likeness (QED) is 0.495. The molecule has 2 aromatic rings. The third-order valence-corrected chi connectivity index (χ3v) is 3.00. The molecule has 0 radical (unpaired) electrons. The fourth-order valence-corrected chi connectivity index (χ4v) is 1.84. The fraction of sp³-hybridized carbons (Fsp3) is 0.222. The smallest absolute Gasteiger partial charge is 0.354 e. The molecule has 0 aliphatic heterocycles. The van der Waals surface area contributed by atoms with Gasteiger partial charge in [-0.15, -0.1) is 0 Å². The number of hydrogen-bond acceptors (Lipinski definition) is 5. The molecule has 23 heavy (non-hydrogen) atoms. The van der Waals surface area contributed by atoms with Gasteiger partial charge in [0.2, 0.25) is 0 Å². The van der Waals surface area contributed by atoms with Crippen molar-refractivity contribution in [2.45, 2.75) is 20.8 Å². The first kappa shape index (κ1) is 16.5. The van der Waals surface area contributed by atoms with Crippen LogP contribution in [0.3, 0.4) is 0 Å². The molecule has 2 rings (SSSR count). The van der Waals surface area contributed by atoms with Crippen LogP contribution in [-0.2, 0) is 9.53 Å². The van der Waals surface area contributed by atoms with E-state index in [1.54, 1.807) is 13.8 Å². The van der Waals surface area contributed by atoms with E-state index in [-0.39, 0.29) is 5.71 Å². The Morgan fingerprint density at radius 1 is 1.13 bits per heavy atom. The summed E-state index contributed by atoms with van der Waals surface area (Å²) in [4.78, 5) is 11.4. The number of hydrogen-bond donors (Lipinski definition) is 1. The van der Waals surface area contributed by atoms with Crippen LogP contribution < -0.4 is 10.2 Å². The van der Waals surface area contributed by atoms with Crippen molar-refractivity contribution in [2.24, 2.45) is 5.10 Å². The Balaban J connectivity index is 1.97. The van der Waals surface area contributed by atoms with E-state index in [1.165, 1.54) is 0 Å². The van der Waals surface area contributed by atoms with Crippen molar-refractivity contribution in [3.05, 3.63) is 54.1 Å². The average molecular weight is 312 g/mol. The molecule has 2 aromatic carbocycles. The van der Waals surface area contributed by atoms with Gasteiger partial charge in [-0.2, -0.15) is 5.10 Å². The maximum Gasteiger partial charge on any atom is 0.354 e. The number of benzene rings is 2. The molecule has 0 bridgehead atoms. The summed E-state index contributed by atoms with van der Waals surface area (Å²) < 4.78 is 10.6. The Bertz CT molecular complexity index is 694. The van der Waals surface area contributed by atoms with Crippen molar-refractivity contribution in [3.8, 4) is 11.5 Å². The molecule has 0 fully saturated rings. The third kappa shape index (κ3) is 5.14. The minimum absolute atomic E-state index is 0.270. The molecule has 0 atom stereocenters. The van der Waals surface area contributed by atoms with Gasteiger partial charge in [-0.25, -0.2) is 4.79 Å². The van der Waals surface area contributed by atoms with Crippen molar-refractivity contribution in [1.29, 1.82) is 0 Å². The van der Waals surface area contributed by atoms with Crippen molar-refractivity contribution in [2.75, 3.05) is 12.0 Å². The molecule has 1 N–H and O–H groups in total. The Kier molecular flexibility index (Phi) is 5.74. The van der Waals surface area contributed by atoms with Crippen molar-refractivity contribution in [1.82, 2.24) is 0 Å². The Labute approximate surface area is 135 Å². The number of rotatable bonds is 6. The van der Waals surface area contributed by atoms with Gasteiger partial charge in [-0.3, -0.25) is 5.43 Å². The number of ether oxygens (including phenoxy) is 2. The molecule has 5 nitrogen and oxygen atoms in total. The van der Waals surface area contributed by atoms with E-state index in [0.717, 1.165) is 22.7 Å². The predicted molar refractivity (Wildman–Crippen MR) is 91.1 cm³/mol. The molecule has 0 heterocycles. The van der Waals surface area contributed by atoms with E-state index in [2.05, 4.69) is 10.5 Å². The van der Waals surface area contributed by atoms with Crippen LogP contribution in [0.25, 0.3) is 0 Å². The first-order chi connectivity index (χ1) is 11.1. The molecule has 5 heteroatoms. The summed E-state index contributed by atoms with van der Waals surface area (Å²) in [6.45, 7) is 5.70. The Morgan fingerprint density at radius 3 is 2.52 bits per heavy atom. The summed E-state index contributed by atoms with van der Waals surface area (Å²) in [6.07, 6.45) is 0. The number of anilines is 1. The number of carbonyl (C=O) groups excluding carboxylic acids is 1. The third-order valence-electron chi connectivity index (χ3n) is 3.00. The van der Waals surface area contributed by atoms with E-state index in [9.17, 15) is 4.79 Å². The van der Waals surface area contributed by atoms with E-state index >= 15 is 0 Å². The normalized spacial score (nSPS) is 11.0. The molecule has 0 saturated carbocycles. The number of hydrazone groups is 1. The zero-order chi connectivity index (χ0) is 16.7. The van der Waals surface area contributed by atoms with Gasteiger partial charge in [0.1, 0.15) is 17.2 Å². The minimum Gasteiger partial charge on any atom is -0.461 e. The summed E-state index contributed by atoms with van der Waals surface area (Å²) in [5.74, 6) is 1.09. The van der Waals surface area contributed by atoms with Gasteiger partial charge in [0.15, 0.2) is 0 Å². The molecule has 0 unspecified atom stereocenters. The van der Waals surface area contributed by atoms with Crippen LogP contribution >= 0.6 is 0 Å². The highest BCUT2D eigenvalue weighted by Crippen LogP contribution is 2.23. The molecule has 120 valence electrons. The second kappa shape index (κ2) is 7.98. The largest absolute Gasteiger partial charge is 0.461 e. The van der Waals surface area contributed by atoms with E-state index in [0.29, 0.717) is 6.61 Å². The lowest BCUT2D eigenvalue weighted by Crippen LogP contribution is -2.15. The number of carbonyl (C=O) groups is 1. The highest BCUT2D eigenvalue weighted by molar-refractivity contribution is 6.35. The molecular weight excluding hydrogens is 292 g/mol. The molecule has 0 aliphatic rings. The molecule has 0 aliphatic carbocycles. The highest BCUT2D eigenvalue weighted by Gasteiger charge is 2.05. The minimum atomic E-state index is -0.431. The van der Waals surface area contributed by atoms with Gasteiger partial charge >= 0.3 is 5.97 Å². The van der Waals surface area contributed by atoms with Gasteiger partial charge in [-0.1, -0.05) is 12.1 Å². The summed E-state index contributed by atoms with van der Waals surface area (Å²) in [5, 5.41) is 3.99. The Morgan fingerprint density at radius 2 is 1.87 bits per heavy atom. The highest BCUT2D eigenvalue weighted by atomic mass is 16.5. The summed E-state index contributed by atoms with van der Waals surface area (Å²) in [7, 11) is 0. The number of aryl methyl sites for hydroxylation is 1. The zero-order valence-corrected chi connectivity index (χ0v) is 13.5. The lowest BCUT2D eigenvalue weighted by Gasteiger charge is -2.07. The maximum absolute atomic E-state index is 11.4. The van der Waals surface area contributed by atoms with Crippen LogP contribution in [-0.4, -0.2) is 18.3 Å². The number of nitrogens with zero attached hydrogens (tertiary/aromatic N) is 1. The Hall–Kier alpha value is -2.82. The van der Waals surface area contributed by atoms with Crippen LogP contribution in [0.5, 0.6) is 11.5 Å². The van der Waals surface area contributed by atoms with E-state index in [1.807, 2.05) is 55.5 Å². The number of esters is 1. The van der Waals surface area contributed by atoms with Gasteiger partial charge in [0.05, 0.1) is 12.3 Å². The van der Waals surface area contributed by atoms with Crippen LogP contribution in [0.2, 0.25) is 0 Å². The summed E-state index contributed by atoms with van der Waals surface area (Å²) in [6, 6.07) is 15.2. The summed E-state index contributed by atoms with van der Waals surface area (Å²) in [5.41, 5.74) is 4.98. The topological polar surface area (TPSA) is 59.9 Å². The van der Waals surface area contributed by atoms with Gasteiger partial charge in [-0.05, 0) is 62.7 Å². The van der Waals surface area contributed by atoms with Crippen LogP contribution in [0.15, 0.2) is 53.6 Å². The van der Waals surface area contributed by atoms with E-state index < -0.39 is 5.97 Å². The monoisotopic (exact) mass is 312 g/mol. The number of nitrogens with one attached hydrogen (secondary N) is 1. The van der Waals surface area contributed by atoms with Crippen molar-refractivity contribution in [3.63, 3.8) is 0 Å². The average Bonchev–Trinajstić information content (AvgIpc) is 2.54. The molecule has 0 aromatic heterocycles. The molecule has 0 spiro atoms. The standard InChI is InChI=1S/C18H20N2O3/c1-4-22-18(21)14(3)19-20-15-8-10-16(11-9-15)23-17-7-5-6-13(2)12-17/h5-12,20H,4H2,1-3H3/b19-14-. The fourth-order valence-electron chi connectivity index (χ4n) is 1.84. The van der Waals surface area contributed by atoms with Crippen LogP contribution in [0, 0.1) is 6.92 Å². The predicted octanol–water partition coefficient (Wildman–Crippen LogP) is 4.14. The van der Waals surface area contributed by atoms with E-state index in [4.69, 9.17) is 9.47 Å². The first-order valence-electron chi connectivity index (χ1n) is 7.40. The van der Waals surface area contributed by atoms with Gasteiger partial charge in [0.25, 0.3) is 0 Å². The lowest BCUT2D eigenvalue weighted by molar-refractivity contribution is -0.135. The van der Waals surface area contributed by atoms with Gasteiger partial charge < -0.3 is 9.47 Å². The maximum atomic E-state index is 11.4. The lowest BCUT2D eigenvalue weighted by atomic mass is 10.2. The SMILES string of the molecule is CCOC(=O)/C(C)=N\Nc1ccc(Oc2cccc(C)c2)cc1. The van der Waals surface area contributed by atoms with Gasteiger partial charge in [0, 0.05) is 0 Å². The zero-order valence-electron chi connectivity index (χ0n) is 13.5. The first-order valence-corrected chi connectivity index (χ1v) is 7.40. The second-order valence-corrected chi connectivity index (χ2v) is 4.97. The van der Waals surface area contributed by atoms with Crippen molar-refractivity contribution >= 4 is 17.4 Å². The van der Waals surface area contributed by atoms with Crippen LogP contribution in [0.1, 0.15) is 19.4 Å². The van der Waals surface area contributed by atoms with Crippen LogP contribution in [0.4, 0.5) is 5.69 Å².